The Bertz CT molecular complexity index is 1500. The Hall–Kier alpha value is -3.29. The minimum absolute atomic E-state index is 0.0225. The number of methoxy groups -OCH3 is 1. The number of carbonyl (C=O) groups is 3. The Morgan fingerprint density at radius 3 is 2.37 bits per heavy atom. The molecule has 2 fully saturated rings. The van der Waals surface area contributed by atoms with Gasteiger partial charge in [-0.05, 0) is 55.3 Å². The number of hydrogen-bond acceptors (Lipinski definition) is 8. The highest BCUT2D eigenvalue weighted by molar-refractivity contribution is 6.30. The highest BCUT2D eigenvalue weighted by Gasteiger charge is 2.32. The van der Waals surface area contributed by atoms with Crippen molar-refractivity contribution in [3.05, 3.63) is 58.4 Å². The van der Waals surface area contributed by atoms with E-state index in [9.17, 15) is 18.8 Å². The predicted octanol–water partition coefficient (Wildman–Crippen LogP) is 4.51. The van der Waals surface area contributed by atoms with Crippen LogP contribution >= 0.6 is 11.6 Å². The van der Waals surface area contributed by atoms with Crippen molar-refractivity contribution in [1.29, 1.82) is 0 Å². The van der Waals surface area contributed by atoms with Gasteiger partial charge in [0.25, 0.3) is 5.91 Å². The second-order valence-corrected chi connectivity index (χ2v) is 15.9. The first-order valence-corrected chi connectivity index (χ1v) is 18.2. The molecule has 2 atom stereocenters. The van der Waals surface area contributed by atoms with Gasteiger partial charge in [-0.25, -0.2) is 4.39 Å². The molecule has 13 heteroatoms. The summed E-state index contributed by atoms with van der Waals surface area (Å²) in [5.41, 5.74) is 1.06. The quantitative estimate of drug-likeness (QED) is 0.176. The molecule has 2 aromatic carbocycles. The maximum atomic E-state index is 14.4. The lowest BCUT2D eigenvalue weighted by Gasteiger charge is -2.39. The Balaban J connectivity index is 1.18. The van der Waals surface area contributed by atoms with Gasteiger partial charge in [-0.15, -0.1) is 0 Å². The van der Waals surface area contributed by atoms with Gasteiger partial charge < -0.3 is 40.5 Å². The molecule has 4 rings (SSSR count). The highest BCUT2D eigenvalue weighted by Crippen LogP contribution is 2.31. The first kappa shape index (κ1) is 40.5. The number of rotatable bonds is 17. The highest BCUT2D eigenvalue weighted by atomic mass is 35.5. The molecule has 3 amide bonds. The van der Waals surface area contributed by atoms with E-state index in [1.54, 1.807) is 37.3 Å². The molecule has 282 valence electrons. The fourth-order valence-corrected chi connectivity index (χ4v) is 6.78. The lowest BCUT2D eigenvalue weighted by atomic mass is 9.92. The smallest absolute Gasteiger partial charge is 0.251 e. The van der Waals surface area contributed by atoms with Gasteiger partial charge in [0.15, 0.2) is 0 Å². The Kier molecular flexibility index (Phi) is 14.7. The molecule has 0 bridgehead atoms. The topological polar surface area (TPSA) is 124 Å². The van der Waals surface area contributed by atoms with Gasteiger partial charge in [-0.2, -0.15) is 0 Å². The van der Waals surface area contributed by atoms with E-state index in [1.165, 1.54) is 13.2 Å². The van der Waals surface area contributed by atoms with Crippen molar-refractivity contribution < 1.29 is 28.2 Å². The predicted molar refractivity (Wildman–Crippen MR) is 199 cm³/mol. The van der Waals surface area contributed by atoms with E-state index in [0.717, 1.165) is 52.2 Å². The van der Waals surface area contributed by atoms with E-state index in [0.29, 0.717) is 60.3 Å². The molecular formula is C38H56ClFN6O5. The first-order chi connectivity index (χ1) is 24.1. The number of nitrogens with one attached hydrogen (secondary N) is 4. The summed E-state index contributed by atoms with van der Waals surface area (Å²) in [5, 5.41) is 12.3. The third-order valence-corrected chi connectivity index (χ3v) is 9.66. The molecular weight excluding hydrogens is 675 g/mol. The number of piperazine rings is 1. The molecule has 11 nitrogen and oxygen atoms in total. The zero-order chi connectivity index (χ0) is 37.2. The van der Waals surface area contributed by atoms with Crippen LogP contribution in [0.25, 0.3) is 0 Å². The molecule has 2 aliphatic heterocycles. The molecule has 2 saturated heterocycles. The van der Waals surface area contributed by atoms with Crippen molar-refractivity contribution in [3.8, 4) is 5.75 Å². The third kappa shape index (κ3) is 12.7. The van der Waals surface area contributed by atoms with E-state index < -0.39 is 6.04 Å². The molecule has 0 spiro atoms. The maximum absolute atomic E-state index is 14.4. The second kappa shape index (κ2) is 18.5. The average molecular weight is 731 g/mol. The largest absolute Gasteiger partial charge is 0.495 e. The van der Waals surface area contributed by atoms with E-state index in [2.05, 4.69) is 58.8 Å². The molecule has 2 aliphatic rings. The van der Waals surface area contributed by atoms with Crippen LogP contribution in [0.5, 0.6) is 5.75 Å². The molecule has 0 aliphatic carbocycles. The summed E-state index contributed by atoms with van der Waals surface area (Å²) in [5.74, 6) is -0.660. The summed E-state index contributed by atoms with van der Waals surface area (Å²) in [6.45, 7) is 18.9. The van der Waals surface area contributed by atoms with E-state index in [4.69, 9.17) is 21.1 Å². The Labute approximate surface area is 307 Å². The van der Waals surface area contributed by atoms with E-state index in [-0.39, 0.29) is 40.3 Å². The zero-order valence-electron chi connectivity index (χ0n) is 31.0. The van der Waals surface area contributed by atoms with Gasteiger partial charge in [0.2, 0.25) is 11.8 Å². The van der Waals surface area contributed by atoms with Crippen LogP contribution in [0.3, 0.4) is 0 Å². The van der Waals surface area contributed by atoms with Crippen LogP contribution in [0.4, 0.5) is 10.1 Å². The van der Waals surface area contributed by atoms with Crippen molar-refractivity contribution in [3.63, 3.8) is 0 Å². The minimum atomic E-state index is -0.512. The van der Waals surface area contributed by atoms with Crippen LogP contribution < -0.4 is 26.0 Å². The number of amides is 3. The monoisotopic (exact) mass is 730 g/mol. The van der Waals surface area contributed by atoms with Crippen LogP contribution in [0, 0.1) is 16.6 Å². The molecule has 51 heavy (non-hydrogen) atoms. The number of hydrogen-bond donors (Lipinski definition) is 4. The number of nitrogens with zero attached hydrogens (tertiary/aromatic N) is 2. The van der Waals surface area contributed by atoms with Gasteiger partial charge in [-0.3, -0.25) is 14.4 Å². The van der Waals surface area contributed by atoms with E-state index >= 15 is 0 Å². The zero-order valence-corrected chi connectivity index (χ0v) is 31.8. The van der Waals surface area contributed by atoms with Gasteiger partial charge in [-0.1, -0.05) is 45.4 Å². The maximum Gasteiger partial charge on any atom is 0.251 e. The summed E-state index contributed by atoms with van der Waals surface area (Å²) < 4.78 is 26.2. The van der Waals surface area contributed by atoms with Crippen molar-refractivity contribution >= 4 is 35.0 Å². The number of halogens is 2. The molecule has 2 unspecified atom stereocenters. The van der Waals surface area contributed by atoms with Crippen LogP contribution in [0.2, 0.25) is 5.02 Å². The first-order valence-electron chi connectivity index (χ1n) is 17.9. The SMILES string of the molecule is COc1cc(C(=O)NCC(C)(C)COCC(C)(C)CN2CCN(CCCNC(C)=O)CC2)ccc1NC(=O)C1CC(c2ccc(Cl)cc2F)CN1. The summed E-state index contributed by atoms with van der Waals surface area (Å²) in [6.07, 6.45) is 1.40. The van der Waals surface area contributed by atoms with Crippen LogP contribution in [-0.4, -0.2) is 113 Å². The molecule has 0 saturated carbocycles. The lowest BCUT2D eigenvalue weighted by molar-refractivity contribution is -0.119. The Morgan fingerprint density at radius 2 is 1.69 bits per heavy atom. The van der Waals surface area contributed by atoms with Crippen molar-refractivity contribution in [1.82, 2.24) is 25.8 Å². The average Bonchev–Trinajstić information content (AvgIpc) is 3.56. The van der Waals surface area contributed by atoms with Crippen LogP contribution in [0.1, 0.15) is 69.3 Å². The van der Waals surface area contributed by atoms with Gasteiger partial charge in [0.1, 0.15) is 11.6 Å². The molecule has 2 aromatic rings. The minimum Gasteiger partial charge on any atom is -0.495 e. The van der Waals surface area contributed by atoms with Crippen molar-refractivity contribution in [2.45, 2.75) is 59.4 Å². The summed E-state index contributed by atoms with van der Waals surface area (Å²) in [4.78, 5) is 42.2. The summed E-state index contributed by atoms with van der Waals surface area (Å²) in [7, 11) is 1.49. The normalized spacial score (nSPS) is 18.7. The standard InChI is InChI=1S/C38H56ClFN6O5/c1-26(47)41-12-7-13-45-14-16-46(17-15-45)23-38(4,5)25-51-24-37(2,3)22-43-35(48)27-8-11-32(34(19-27)50-6)44-36(49)33-18-28(21-42-33)30-10-9-29(39)20-31(30)40/h8-11,19-20,28,33,42H,7,12-18,21-25H2,1-6H3,(H,41,47)(H,43,48)(H,44,49). The van der Waals surface area contributed by atoms with E-state index in [1.807, 2.05) is 0 Å². The van der Waals surface area contributed by atoms with Crippen molar-refractivity contribution in [2.75, 3.05) is 84.5 Å². The summed E-state index contributed by atoms with van der Waals surface area (Å²) >= 11 is 5.90. The number of carbonyl (C=O) groups excluding carboxylic acids is 3. The third-order valence-electron chi connectivity index (χ3n) is 9.43. The number of ether oxygens (including phenoxy) is 2. The molecule has 2 heterocycles. The van der Waals surface area contributed by atoms with Gasteiger partial charge in [0.05, 0.1) is 32.1 Å². The van der Waals surface area contributed by atoms with Gasteiger partial charge in [0, 0.05) is 86.6 Å². The number of anilines is 1. The van der Waals surface area contributed by atoms with Crippen LogP contribution in [-0.2, 0) is 14.3 Å². The van der Waals surface area contributed by atoms with Crippen molar-refractivity contribution in [2.24, 2.45) is 10.8 Å². The molecule has 0 radical (unpaired) electrons. The Morgan fingerprint density at radius 1 is 0.980 bits per heavy atom. The fraction of sp³-hybridized carbons (Fsp3) is 0.605. The molecule has 4 N–H and O–H groups in total. The second-order valence-electron chi connectivity index (χ2n) is 15.4. The summed E-state index contributed by atoms with van der Waals surface area (Å²) in [6, 6.07) is 9.01. The lowest BCUT2D eigenvalue weighted by Crippen LogP contribution is -2.50. The van der Waals surface area contributed by atoms with Crippen LogP contribution in [0.15, 0.2) is 36.4 Å². The molecule has 0 aromatic heterocycles. The van der Waals surface area contributed by atoms with Gasteiger partial charge >= 0.3 is 0 Å². The fourth-order valence-electron chi connectivity index (χ4n) is 6.63. The number of benzene rings is 2.